The van der Waals surface area contributed by atoms with E-state index >= 15 is 0 Å². The zero-order valence-corrected chi connectivity index (χ0v) is 12.1. The molecule has 0 spiro atoms. The van der Waals surface area contributed by atoms with Crippen LogP contribution in [-0.2, 0) is 6.42 Å². The van der Waals surface area contributed by atoms with Gasteiger partial charge in [-0.05, 0) is 43.4 Å². The molecule has 2 nitrogen and oxygen atoms in total. The fourth-order valence-electron chi connectivity index (χ4n) is 2.78. The molecule has 1 aromatic carbocycles. The van der Waals surface area contributed by atoms with Crippen LogP contribution < -0.4 is 0 Å². The first-order chi connectivity index (χ1) is 9.93. The largest absolute Gasteiger partial charge is 0.408 e. The van der Waals surface area contributed by atoms with Crippen LogP contribution in [0.4, 0.5) is 13.2 Å². The molecule has 1 aromatic rings. The molecule has 1 aliphatic heterocycles. The topological polar surface area (TPSA) is 20.3 Å². The maximum atomic E-state index is 13.0. The van der Waals surface area contributed by atoms with E-state index in [1.807, 2.05) is 12.1 Å². The van der Waals surface area contributed by atoms with Crippen molar-refractivity contribution >= 4 is 5.91 Å². The second kappa shape index (κ2) is 6.50. The highest BCUT2D eigenvalue weighted by Crippen LogP contribution is 2.32. The van der Waals surface area contributed by atoms with E-state index in [9.17, 15) is 18.0 Å². The Bertz CT molecular complexity index is 481. The lowest BCUT2D eigenvalue weighted by molar-refractivity contribution is -0.183. The number of hydrogen-bond acceptors (Lipinski definition) is 1. The van der Waals surface area contributed by atoms with Gasteiger partial charge in [0.15, 0.2) is 0 Å². The first-order valence-electron chi connectivity index (χ1n) is 7.40. The van der Waals surface area contributed by atoms with Gasteiger partial charge in [-0.15, -0.1) is 0 Å². The summed E-state index contributed by atoms with van der Waals surface area (Å²) in [7, 11) is 0. The standard InChI is InChI=1S/C16H20F3NO/c1-2-5-12-7-9-13(10-8-12)15(21)20-11-4-3-6-14(20)16(17,18)19/h7-10,14H,2-6,11H2,1H3. The third-order valence-corrected chi connectivity index (χ3v) is 3.88. The van der Waals surface area contributed by atoms with Crippen molar-refractivity contribution in [2.45, 2.75) is 51.2 Å². The van der Waals surface area contributed by atoms with Gasteiger partial charge in [-0.1, -0.05) is 25.5 Å². The average Bonchev–Trinajstić information content (AvgIpc) is 2.47. The van der Waals surface area contributed by atoms with Crippen molar-refractivity contribution in [3.63, 3.8) is 0 Å². The second-order valence-electron chi connectivity index (χ2n) is 5.50. The monoisotopic (exact) mass is 299 g/mol. The minimum absolute atomic E-state index is 0.00313. The first kappa shape index (κ1) is 15.9. The van der Waals surface area contributed by atoms with Crippen LogP contribution in [0.3, 0.4) is 0 Å². The third-order valence-electron chi connectivity index (χ3n) is 3.88. The van der Waals surface area contributed by atoms with E-state index in [0.29, 0.717) is 18.4 Å². The number of halogens is 3. The molecule has 1 atom stereocenters. The van der Waals surface area contributed by atoms with E-state index in [1.165, 1.54) is 0 Å². The minimum Gasteiger partial charge on any atom is -0.327 e. The summed E-state index contributed by atoms with van der Waals surface area (Å²) in [5.41, 5.74) is 1.44. The van der Waals surface area contributed by atoms with E-state index in [-0.39, 0.29) is 13.0 Å². The fourth-order valence-corrected chi connectivity index (χ4v) is 2.78. The number of carbonyl (C=O) groups is 1. The molecular weight excluding hydrogens is 279 g/mol. The predicted molar refractivity (Wildman–Crippen MR) is 75.2 cm³/mol. The molecule has 0 aromatic heterocycles. The minimum atomic E-state index is -4.35. The molecule has 0 saturated carbocycles. The summed E-state index contributed by atoms with van der Waals surface area (Å²) in [6.07, 6.45) is -1.30. The van der Waals surface area contributed by atoms with Gasteiger partial charge in [-0.25, -0.2) is 0 Å². The van der Waals surface area contributed by atoms with Crippen molar-refractivity contribution < 1.29 is 18.0 Å². The molecule has 1 saturated heterocycles. The zero-order chi connectivity index (χ0) is 15.5. The summed E-state index contributed by atoms with van der Waals surface area (Å²) >= 11 is 0. The molecular formula is C16H20F3NO. The van der Waals surface area contributed by atoms with Gasteiger partial charge in [0.1, 0.15) is 6.04 Å². The van der Waals surface area contributed by atoms with Crippen LogP contribution >= 0.6 is 0 Å². The molecule has 1 heterocycles. The Morgan fingerprint density at radius 2 is 1.90 bits per heavy atom. The van der Waals surface area contributed by atoms with Crippen LogP contribution in [0.1, 0.15) is 48.5 Å². The Hall–Kier alpha value is -1.52. The lowest BCUT2D eigenvalue weighted by Gasteiger charge is -2.36. The van der Waals surface area contributed by atoms with Gasteiger partial charge in [-0.3, -0.25) is 4.79 Å². The van der Waals surface area contributed by atoms with E-state index in [1.54, 1.807) is 12.1 Å². The highest BCUT2D eigenvalue weighted by molar-refractivity contribution is 5.94. The normalized spacial score (nSPS) is 19.6. The van der Waals surface area contributed by atoms with Crippen molar-refractivity contribution in [3.05, 3.63) is 35.4 Å². The van der Waals surface area contributed by atoms with Gasteiger partial charge in [0.2, 0.25) is 0 Å². The maximum Gasteiger partial charge on any atom is 0.408 e. The fraction of sp³-hybridized carbons (Fsp3) is 0.562. The van der Waals surface area contributed by atoms with Crippen LogP contribution in [0, 0.1) is 0 Å². The van der Waals surface area contributed by atoms with Crippen LogP contribution in [0.2, 0.25) is 0 Å². The average molecular weight is 299 g/mol. The van der Waals surface area contributed by atoms with Crippen LogP contribution in [-0.4, -0.2) is 29.6 Å². The summed E-state index contributed by atoms with van der Waals surface area (Å²) in [5, 5.41) is 0. The molecule has 1 amide bonds. The molecule has 0 aliphatic carbocycles. The molecule has 21 heavy (non-hydrogen) atoms. The Morgan fingerprint density at radius 1 is 1.24 bits per heavy atom. The molecule has 0 radical (unpaired) electrons. The van der Waals surface area contributed by atoms with E-state index in [0.717, 1.165) is 23.3 Å². The van der Waals surface area contributed by atoms with E-state index in [2.05, 4.69) is 6.92 Å². The molecule has 1 fully saturated rings. The summed E-state index contributed by atoms with van der Waals surface area (Å²) in [4.78, 5) is 13.3. The van der Waals surface area contributed by atoms with Crippen LogP contribution in [0.15, 0.2) is 24.3 Å². The quantitative estimate of drug-likeness (QED) is 0.819. The molecule has 1 aliphatic rings. The Labute approximate surface area is 122 Å². The van der Waals surface area contributed by atoms with Gasteiger partial charge >= 0.3 is 6.18 Å². The number of benzene rings is 1. The van der Waals surface area contributed by atoms with Crippen molar-refractivity contribution in [1.82, 2.24) is 4.90 Å². The highest BCUT2D eigenvalue weighted by Gasteiger charge is 2.46. The van der Waals surface area contributed by atoms with Crippen LogP contribution in [0.5, 0.6) is 0 Å². The molecule has 0 bridgehead atoms. The smallest absolute Gasteiger partial charge is 0.327 e. The summed E-state index contributed by atoms with van der Waals surface area (Å²) in [5.74, 6) is -0.514. The molecule has 1 unspecified atom stereocenters. The number of carbonyl (C=O) groups excluding carboxylic acids is 1. The third kappa shape index (κ3) is 3.77. The van der Waals surface area contributed by atoms with Gasteiger partial charge in [-0.2, -0.15) is 13.2 Å². The molecule has 5 heteroatoms. The second-order valence-corrected chi connectivity index (χ2v) is 5.50. The first-order valence-corrected chi connectivity index (χ1v) is 7.40. The Kier molecular flexibility index (Phi) is 4.91. The van der Waals surface area contributed by atoms with Gasteiger partial charge in [0.25, 0.3) is 5.91 Å². The SMILES string of the molecule is CCCc1ccc(C(=O)N2CCCCC2C(F)(F)F)cc1. The summed E-state index contributed by atoms with van der Waals surface area (Å²) < 4.78 is 39.1. The maximum absolute atomic E-state index is 13.0. The Balaban J connectivity index is 2.16. The molecule has 116 valence electrons. The number of alkyl halides is 3. The number of hydrogen-bond donors (Lipinski definition) is 0. The van der Waals surface area contributed by atoms with Crippen molar-refractivity contribution in [1.29, 1.82) is 0 Å². The lowest BCUT2D eigenvalue weighted by Crippen LogP contribution is -2.51. The number of likely N-dealkylation sites (tertiary alicyclic amines) is 1. The molecule has 0 N–H and O–H groups in total. The number of rotatable bonds is 3. The summed E-state index contributed by atoms with van der Waals surface area (Å²) in [6, 6.07) is 5.27. The highest BCUT2D eigenvalue weighted by atomic mass is 19.4. The number of nitrogens with zero attached hydrogens (tertiary/aromatic N) is 1. The van der Waals surface area contributed by atoms with Crippen molar-refractivity contribution in [3.8, 4) is 0 Å². The van der Waals surface area contributed by atoms with Gasteiger partial charge in [0.05, 0.1) is 0 Å². The number of piperidine rings is 1. The van der Waals surface area contributed by atoms with Gasteiger partial charge in [0, 0.05) is 12.1 Å². The number of amides is 1. The van der Waals surface area contributed by atoms with Crippen molar-refractivity contribution in [2.24, 2.45) is 0 Å². The van der Waals surface area contributed by atoms with Crippen molar-refractivity contribution in [2.75, 3.05) is 6.54 Å². The van der Waals surface area contributed by atoms with E-state index < -0.39 is 18.1 Å². The summed E-state index contributed by atoms with van der Waals surface area (Å²) in [6.45, 7) is 2.24. The Morgan fingerprint density at radius 3 is 2.48 bits per heavy atom. The van der Waals surface area contributed by atoms with E-state index in [4.69, 9.17) is 0 Å². The number of aryl methyl sites for hydroxylation is 1. The van der Waals surface area contributed by atoms with Gasteiger partial charge < -0.3 is 4.90 Å². The zero-order valence-electron chi connectivity index (χ0n) is 12.1. The predicted octanol–water partition coefficient (Wildman–Crippen LogP) is 4.20. The van der Waals surface area contributed by atoms with Crippen LogP contribution in [0.25, 0.3) is 0 Å². The molecule has 2 rings (SSSR count). The lowest BCUT2D eigenvalue weighted by atomic mass is 9.99.